The molecule has 1 aliphatic rings. The molecule has 1 aromatic heterocycles. The minimum absolute atomic E-state index is 0.0849. The molecule has 0 unspecified atom stereocenters. The first-order valence-electron chi connectivity index (χ1n) is 6.77. The molecule has 3 nitrogen and oxygen atoms in total. The van der Waals surface area contributed by atoms with Gasteiger partial charge in [-0.1, -0.05) is 13.8 Å². The Morgan fingerprint density at radius 3 is 2.55 bits per heavy atom. The predicted octanol–water partition coefficient (Wildman–Crippen LogP) is 3.70. The molecule has 0 amide bonds. The predicted molar refractivity (Wildman–Crippen MR) is 73.5 cm³/mol. The van der Waals surface area contributed by atoms with E-state index < -0.39 is 11.7 Å². The number of alkyl halides is 3. The van der Waals surface area contributed by atoms with Crippen molar-refractivity contribution in [3.63, 3.8) is 0 Å². The number of hydrogen-bond donors (Lipinski definition) is 1. The van der Waals surface area contributed by atoms with Crippen molar-refractivity contribution >= 4 is 11.6 Å². The summed E-state index contributed by atoms with van der Waals surface area (Å²) in [6.07, 6.45) is -1.44. The van der Waals surface area contributed by atoms with E-state index >= 15 is 0 Å². The van der Waals surface area contributed by atoms with Gasteiger partial charge >= 0.3 is 6.18 Å². The van der Waals surface area contributed by atoms with Crippen LogP contribution in [0.25, 0.3) is 0 Å². The fourth-order valence-electron chi connectivity index (χ4n) is 2.51. The first-order chi connectivity index (χ1) is 9.17. The number of nitrogens with zero attached hydrogens (tertiary/aromatic N) is 2. The van der Waals surface area contributed by atoms with Crippen LogP contribution in [0.5, 0.6) is 0 Å². The van der Waals surface area contributed by atoms with E-state index in [1.165, 1.54) is 0 Å². The van der Waals surface area contributed by atoms with Gasteiger partial charge in [0.25, 0.3) is 0 Å². The Bertz CT molecular complexity index is 483. The molecule has 0 aromatic carbocycles. The van der Waals surface area contributed by atoms with E-state index in [0.717, 1.165) is 37.9 Å². The van der Waals surface area contributed by atoms with Crippen molar-refractivity contribution in [1.29, 1.82) is 0 Å². The molecule has 0 aliphatic carbocycles. The highest BCUT2D eigenvalue weighted by molar-refractivity contribution is 5.49. The molecule has 0 spiro atoms. The minimum Gasteiger partial charge on any atom is -0.384 e. The highest BCUT2D eigenvalue weighted by Crippen LogP contribution is 2.34. The number of pyridine rings is 1. The third-order valence-electron chi connectivity index (χ3n) is 3.82. The second-order valence-corrected chi connectivity index (χ2v) is 6.14. The number of halogens is 3. The average molecular weight is 287 g/mol. The first-order valence-corrected chi connectivity index (χ1v) is 6.77. The molecule has 2 heterocycles. The Balaban J connectivity index is 2.26. The monoisotopic (exact) mass is 287 g/mol. The summed E-state index contributed by atoms with van der Waals surface area (Å²) in [5.41, 5.74) is 5.01. The van der Waals surface area contributed by atoms with E-state index in [4.69, 9.17) is 5.73 Å². The summed E-state index contributed by atoms with van der Waals surface area (Å²) >= 11 is 0. The third kappa shape index (κ3) is 3.55. The topological polar surface area (TPSA) is 42.1 Å². The largest absolute Gasteiger partial charge is 0.416 e. The van der Waals surface area contributed by atoms with Crippen molar-refractivity contribution in [3.05, 3.63) is 17.7 Å². The molecule has 1 fully saturated rings. The Morgan fingerprint density at radius 2 is 1.90 bits per heavy atom. The van der Waals surface area contributed by atoms with Crippen LogP contribution in [0.15, 0.2) is 12.1 Å². The molecule has 0 saturated carbocycles. The number of hydrogen-bond acceptors (Lipinski definition) is 3. The molecule has 6 heteroatoms. The van der Waals surface area contributed by atoms with Gasteiger partial charge in [-0.05, 0) is 36.8 Å². The molecule has 0 bridgehead atoms. The molecule has 1 saturated heterocycles. The minimum atomic E-state index is -4.39. The van der Waals surface area contributed by atoms with Gasteiger partial charge in [0.05, 0.1) is 5.56 Å². The summed E-state index contributed by atoms with van der Waals surface area (Å²) in [5, 5.41) is 0. The van der Waals surface area contributed by atoms with Crippen molar-refractivity contribution in [1.82, 2.24) is 4.98 Å². The van der Waals surface area contributed by atoms with Crippen molar-refractivity contribution in [2.75, 3.05) is 23.7 Å². The summed E-state index contributed by atoms with van der Waals surface area (Å²) in [5.74, 6) is 0.244. The van der Waals surface area contributed by atoms with Crippen molar-refractivity contribution in [2.24, 2.45) is 5.41 Å². The zero-order valence-electron chi connectivity index (χ0n) is 11.8. The molecular formula is C14H20F3N3. The summed E-state index contributed by atoms with van der Waals surface area (Å²) in [4.78, 5) is 5.97. The smallest absolute Gasteiger partial charge is 0.384 e. The SMILES string of the molecule is CC1(C)CCCN(c2cc(C(F)(F)F)cc(N)n2)CC1. The molecule has 0 radical (unpaired) electrons. The maximum Gasteiger partial charge on any atom is 0.416 e. The van der Waals surface area contributed by atoms with Crippen LogP contribution in [0.1, 0.15) is 38.7 Å². The van der Waals surface area contributed by atoms with E-state index in [1.54, 1.807) is 0 Å². The Kier molecular flexibility index (Phi) is 3.84. The van der Waals surface area contributed by atoms with Crippen LogP contribution < -0.4 is 10.6 Å². The first kappa shape index (κ1) is 14.9. The number of nitrogen functional groups attached to an aromatic ring is 1. The van der Waals surface area contributed by atoms with Crippen LogP contribution in [0, 0.1) is 5.41 Å². The lowest BCUT2D eigenvalue weighted by atomic mass is 9.85. The molecule has 1 aromatic rings. The molecule has 20 heavy (non-hydrogen) atoms. The van der Waals surface area contributed by atoms with Gasteiger partial charge in [0.2, 0.25) is 0 Å². The number of nitrogens with two attached hydrogens (primary N) is 1. The van der Waals surface area contributed by atoms with E-state index in [9.17, 15) is 13.2 Å². The summed E-state index contributed by atoms with van der Waals surface area (Å²) in [7, 11) is 0. The molecule has 112 valence electrons. The van der Waals surface area contributed by atoms with Crippen LogP contribution in [-0.4, -0.2) is 18.1 Å². The van der Waals surface area contributed by atoms with Crippen LogP contribution >= 0.6 is 0 Å². The highest BCUT2D eigenvalue weighted by atomic mass is 19.4. The Hall–Kier alpha value is -1.46. The van der Waals surface area contributed by atoms with Gasteiger partial charge in [-0.2, -0.15) is 13.2 Å². The fourth-order valence-corrected chi connectivity index (χ4v) is 2.51. The van der Waals surface area contributed by atoms with Crippen LogP contribution in [-0.2, 0) is 6.18 Å². The van der Waals surface area contributed by atoms with Crippen LogP contribution in [0.2, 0.25) is 0 Å². The van der Waals surface area contributed by atoms with Crippen molar-refractivity contribution < 1.29 is 13.2 Å². The zero-order valence-corrected chi connectivity index (χ0v) is 11.8. The number of aromatic nitrogens is 1. The molecule has 2 N–H and O–H groups in total. The van der Waals surface area contributed by atoms with Crippen LogP contribution in [0.4, 0.5) is 24.8 Å². The summed E-state index contributed by atoms with van der Waals surface area (Å²) in [6.45, 7) is 5.80. The maximum atomic E-state index is 12.8. The van der Waals surface area contributed by atoms with Gasteiger partial charge in [-0.15, -0.1) is 0 Å². The molecular weight excluding hydrogens is 267 g/mol. The molecule has 2 rings (SSSR count). The molecule has 1 aliphatic heterocycles. The number of anilines is 2. The number of rotatable bonds is 1. The van der Waals surface area contributed by atoms with Gasteiger partial charge in [0.1, 0.15) is 11.6 Å². The lowest BCUT2D eigenvalue weighted by Gasteiger charge is -2.24. The second kappa shape index (κ2) is 5.14. The van der Waals surface area contributed by atoms with Crippen molar-refractivity contribution in [3.8, 4) is 0 Å². The van der Waals surface area contributed by atoms with E-state index in [2.05, 4.69) is 18.8 Å². The van der Waals surface area contributed by atoms with E-state index in [-0.39, 0.29) is 11.2 Å². The average Bonchev–Trinajstić information content (AvgIpc) is 2.48. The summed E-state index contributed by atoms with van der Waals surface area (Å²) < 4.78 is 38.4. The third-order valence-corrected chi connectivity index (χ3v) is 3.82. The van der Waals surface area contributed by atoms with Gasteiger partial charge < -0.3 is 10.6 Å². The summed E-state index contributed by atoms with van der Waals surface area (Å²) in [6, 6.07) is 1.97. The van der Waals surface area contributed by atoms with Gasteiger partial charge in [-0.25, -0.2) is 4.98 Å². The lowest BCUT2D eigenvalue weighted by molar-refractivity contribution is -0.137. The van der Waals surface area contributed by atoms with Gasteiger partial charge in [-0.3, -0.25) is 0 Å². The van der Waals surface area contributed by atoms with E-state index in [0.29, 0.717) is 12.4 Å². The second-order valence-electron chi connectivity index (χ2n) is 6.14. The zero-order chi connectivity index (χ0) is 15.0. The van der Waals surface area contributed by atoms with Gasteiger partial charge in [0, 0.05) is 13.1 Å². The quantitative estimate of drug-likeness (QED) is 0.856. The van der Waals surface area contributed by atoms with Crippen LogP contribution in [0.3, 0.4) is 0 Å². The molecule has 0 atom stereocenters. The fraction of sp³-hybridized carbons (Fsp3) is 0.643. The van der Waals surface area contributed by atoms with E-state index in [1.807, 2.05) is 4.90 Å². The van der Waals surface area contributed by atoms with Gasteiger partial charge in [0.15, 0.2) is 0 Å². The standard InChI is InChI=1S/C14H20F3N3/c1-13(2)4-3-6-20(7-5-13)12-9-10(14(15,16)17)8-11(18)19-12/h8-9H,3-7H2,1-2H3,(H2,18,19). The van der Waals surface area contributed by atoms with Crippen molar-refractivity contribution in [2.45, 2.75) is 39.3 Å². The Labute approximate surface area is 117 Å². The normalized spacial score (nSPS) is 19.8. The Morgan fingerprint density at radius 1 is 1.20 bits per heavy atom. The highest BCUT2D eigenvalue weighted by Gasteiger charge is 2.32. The maximum absolute atomic E-state index is 12.8. The lowest BCUT2D eigenvalue weighted by Crippen LogP contribution is -2.26.